The average molecular weight is 313 g/mol. The predicted octanol–water partition coefficient (Wildman–Crippen LogP) is 6.30. The number of nitrogens with one attached hydrogen (secondary N) is 1. The van der Waals surface area contributed by atoms with Gasteiger partial charge >= 0.3 is 0 Å². The van der Waals surface area contributed by atoms with Crippen LogP contribution in [0.5, 0.6) is 0 Å². The maximum Gasteiger partial charge on any atom is 0.0686 e. The van der Waals surface area contributed by atoms with E-state index in [1.807, 2.05) is 0 Å². The molecule has 1 aliphatic rings. The van der Waals surface area contributed by atoms with Gasteiger partial charge in [-0.2, -0.15) is 0 Å². The molecule has 1 N–H and O–H groups in total. The van der Waals surface area contributed by atoms with Crippen LogP contribution >= 0.6 is 0 Å². The second-order valence-electron chi connectivity index (χ2n) is 6.80. The maximum atomic E-state index is 4.83. The summed E-state index contributed by atoms with van der Waals surface area (Å²) in [6.07, 6.45) is 9.55. The first-order chi connectivity index (χ1) is 11.0. The summed E-state index contributed by atoms with van der Waals surface area (Å²) in [5.74, 6) is 0. The van der Waals surface area contributed by atoms with Gasteiger partial charge in [0.2, 0.25) is 0 Å². The van der Waals surface area contributed by atoms with E-state index in [1.165, 1.54) is 71.5 Å². The molecular weight excluding hydrogens is 280 g/mol. The minimum atomic E-state index is 1.14. The summed E-state index contributed by atoms with van der Waals surface area (Å²) in [6.45, 7) is 13.3. The highest BCUT2D eigenvalue weighted by Gasteiger charge is 2.18. The van der Waals surface area contributed by atoms with Gasteiger partial charge in [0.1, 0.15) is 0 Å². The van der Waals surface area contributed by atoms with E-state index >= 15 is 0 Å². The molecule has 23 heavy (non-hydrogen) atoms. The van der Waals surface area contributed by atoms with Gasteiger partial charge in [-0.25, -0.2) is 0 Å². The molecule has 126 valence electrons. The Bertz CT molecular complexity index is 654. The molecule has 0 amide bonds. The Morgan fingerprint density at radius 3 is 2.26 bits per heavy atom. The first-order valence-corrected chi connectivity index (χ1v) is 9.15. The molecule has 0 radical (unpaired) electrons. The SMILES string of the molecule is CCCCC1=C(C)/C(=C/c2[nH]c(C)c(CCCC)c2C)N=C1C. The molecule has 2 heterocycles. The highest BCUT2D eigenvalue weighted by molar-refractivity contribution is 6.03. The quantitative estimate of drug-likeness (QED) is 0.612. The number of hydrogen-bond acceptors (Lipinski definition) is 1. The highest BCUT2D eigenvalue weighted by Crippen LogP contribution is 2.31. The first kappa shape index (κ1) is 17.8. The number of H-pyrrole nitrogens is 1. The zero-order valence-corrected chi connectivity index (χ0v) is 15.8. The van der Waals surface area contributed by atoms with Crippen LogP contribution < -0.4 is 0 Å². The Morgan fingerprint density at radius 1 is 0.957 bits per heavy atom. The van der Waals surface area contributed by atoms with Crippen molar-refractivity contribution in [1.82, 2.24) is 4.98 Å². The lowest BCUT2D eigenvalue weighted by Crippen LogP contribution is -1.94. The monoisotopic (exact) mass is 312 g/mol. The number of hydrogen-bond donors (Lipinski definition) is 1. The predicted molar refractivity (Wildman–Crippen MR) is 102 cm³/mol. The van der Waals surface area contributed by atoms with Gasteiger partial charge in [0.15, 0.2) is 0 Å². The summed E-state index contributed by atoms with van der Waals surface area (Å²) in [5.41, 5.74) is 10.6. The molecule has 1 aromatic rings. The normalized spacial score (nSPS) is 16.6. The molecule has 0 spiro atoms. The average Bonchev–Trinajstić information content (AvgIpc) is 2.93. The zero-order chi connectivity index (χ0) is 17.0. The number of rotatable bonds is 7. The highest BCUT2D eigenvalue weighted by atomic mass is 14.8. The molecule has 2 nitrogen and oxygen atoms in total. The van der Waals surface area contributed by atoms with Crippen molar-refractivity contribution in [2.45, 2.75) is 80.1 Å². The van der Waals surface area contributed by atoms with Crippen LogP contribution in [0.2, 0.25) is 0 Å². The van der Waals surface area contributed by atoms with Crippen molar-refractivity contribution in [3.63, 3.8) is 0 Å². The van der Waals surface area contributed by atoms with E-state index < -0.39 is 0 Å². The van der Waals surface area contributed by atoms with Gasteiger partial charge in [-0.15, -0.1) is 0 Å². The van der Waals surface area contributed by atoms with E-state index in [0.29, 0.717) is 0 Å². The molecule has 0 fully saturated rings. The molecule has 1 aromatic heterocycles. The molecule has 1 aliphatic heterocycles. The fourth-order valence-corrected chi connectivity index (χ4v) is 3.45. The molecule has 0 atom stereocenters. The summed E-state index contributed by atoms with van der Waals surface area (Å²) in [5, 5.41) is 0. The third-order valence-electron chi connectivity index (χ3n) is 5.03. The number of nitrogens with zero attached hydrogens (tertiary/aromatic N) is 1. The summed E-state index contributed by atoms with van der Waals surface area (Å²) in [4.78, 5) is 8.40. The van der Waals surface area contributed by atoms with Crippen molar-refractivity contribution in [2.75, 3.05) is 0 Å². The van der Waals surface area contributed by atoms with Crippen LogP contribution in [0, 0.1) is 13.8 Å². The van der Waals surface area contributed by atoms with Gasteiger partial charge < -0.3 is 4.98 Å². The van der Waals surface area contributed by atoms with Gasteiger partial charge in [0.05, 0.1) is 5.70 Å². The third kappa shape index (κ3) is 3.85. The largest absolute Gasteiger partial charge is 0.359 e. The lowest BCUT2D eigenvalue weighted by atomic mass is 10.00. The smallest absolute Gasteiger partial charge is 0.0686 e. The second-order valence-corrected chi connectivity index (χ2v) is 6.80. The fourth-order valence-electron chi connectivity index (χ4n) is 3.45. The summed E-state index contributed by atoms with van der Waals surface area (Å²) in [7, 11) is 0. The minimum Gasteiger partial charge on any atom is -0.359 e. The molecule has 0 unspecified atom stereocenters. The number of aromatic nitrogens is 1. The summed E-state index contributed by atoms with van der Waals surface area (Å²) >= 11 is 0. The van der Waals surface area contributed by atoms with Crippen LogP contribution in [0.1, 0.15) is 82.3 Å². The van der Waals surface area contributed by atoms with Crippen molar-refractivity contribution in [3.8, 4) is 0 Å². The van der Waals surface area contributed by atoms with Crippen molar-refractivity contribution >= 4 is 11.8 Å². The standard InChI is InChI=1S/C21H32N2/c1-7-9-11-18-14(3)20(22-16(18)5)13-21-15(4)19(12-10-8-2)17(6)23-21/h13,22H,7-12H2,1-6H3/b21-13-. The number of aliphatic imine (C=N–C) groups is 1. The van der Waals surface area contributed by atoms with Crippen LogP contribution in [-0.4, -0.2) is 10.7 Å². The molecule has 0 aliphatic carbocycles. The summed E-state index contributed by atoms with van der Waals surface area (Å²) in [6, 6.07) is 0. The van der Waals surface area contributed by atoms with E-state index in [9.17, 15) is 0 Å². The van der Waals surface area contributed by atoms with E-state index in [1.54, 1.807) is 0 Å². The van der Waals surface area contributed by atoms with Crippen molar-refractivity contribution in [2.24, 2.45) is 4.99 Å². The van der Waals surface area contributed by atoms with Gasteiger partial charge in [-0.1, -0.05) is 26.7 Å². The van der Waals surface area contributed by atoms with E-state index in [-0.39, 0.29) is 0 Å². The van der Waals surface area contributed by atoms with Crippen molar-refractivity contribution in [3.05, 3.63) is 39.4 Å². The Morgan fingerprint density at radius 2 is 1.61 bits per heavy atom. The van der Waals surface area contributed by atoms with Crippen LogP contribution in [0.4, 0.5) is 0 Å². The Balaban J connectivity index is 2.31. The topological polar surface area (TPSA) is 28.1 Å². The van der Waals surface area contributed by atoms with Gasteiger partial charge in [-0.3, -0.25) is 4.99 Å². The summed E-state index contributed by atoms with van der Waals surface area (Å²) < 4.78 is 0. The van der Waals surface area contributed by atoms with Crippen LogP contribution in [-0.2, 0) is 6.42 Å². The Kier molecular flexibility index (Phi) is 6.04. The first-order valence-electron chi connectivity index (χ1n) is 9.15. The lowest BCUT2D eigenvalue weighted by molar-refractivity contribution is 0.788. The minimum absolute atomic E-state index is 1.14. The van der Waals surface area contributed by atoms with Crippen LogP contribution in [0.3, 0.4) is 0 Å². The lowest BCUT2D eigenvalue weighted by Gasteiger charge is -2.03. The van der Waals surface area contributed by atoms with Crippen LogP contribution in [0.15, 0.2) is 21.8 Å². The van der Waals surface area contributed by atoms with E-state index in [0.717, 1.165) is 12.1 Å². The number of unbranched alkanes of at least 4 members (excludes halogenated alkanes) is 2. The number of allylic oxidation sites excluding steroid dienone is 2. The van der Waals surface area contributed by atoms with Gasteiger partial charge in [0.25, 0.3) is 0 Å². The maximum absolute atomic E-state index is 4.83. The van der Waals surface area contributed by atoms with Crippen molar-refractivity contribution < 1.29 is 0 Å². The second kappa shape index (κ2) is 7.81. The number of aromatic amines is 1. The molecule has 0 saturated heterocycles. The van der Waals surface area contributed by atoms with Gasteiger partial charge in [-0.05, 0) is 81.7 Å². The van der Waals surface area contributed by atoms with E-state index in [4.69, 9.17) is 4.99 Å². The molecule has 2 rings (SSSR count). The zero-order valence-electron chi connectivity index (χ0n) is 15.8. The fraction of sp³-hybridized carbons (Fsp3) is 0.571. The molecular formula is C21H32N2. The molecule has 0 bridgehead atoms. The van der Waals surface area contributed by atoms with Crippen LogP contribution in [0.25, 0.3) is 6.08 Å². The Hall–Kier alpha value is -1.57. The molecule has 0 saturated carbocycles. The molecule has 0 aromatic carbocycles. The van der Waals surface area contributed by atoms with E-state index in [2.05, 4.69) is 52.6 Å². The van der Waals surface area contributed by atoms with Crippen molar-refractivity contribution in [1.29, 1.82) is 0 Å². The molecule has 2 heteroatoms. The third-order valence-corrected chi connectivity index (χ3v) is 5.03. The Labute approximate surface area is 141 Å². The number of aryl methyl sites for hydroxylation is 1. The van der Waals surface area contributed by atoms with Gasteiger partial charge in [0, 0.05) is 17.1 Å².